The largest absolute Gasteiger partial charge is 0.497 e. The molecule has 0 bridgehead atoms. The van der Waals surface area contributed by atoms with Gasteiger partial charge in [-0.2, -0.15) is 0 Å². The molecule has 0 heterocycles. The van der Waals surface area contributed by atoms with E-state index in [9.17, 15) is 18.0 Å². The van der Waals surface area contributed by atoms with E-state index in [4.69, 9.17) is 4.74 Å². The number of ether oxygens (including phenoxy) is 1. The molecule has 0 aliphatic carbocycles. The van der Waals surface area contributed by atoms with E-state index >= 15 is 0 Å². The van der Waals surface area contributed by atoms with E-state index in [1.54, 1.807) is 56.3 Å². The number of hydrogen-bond acceptors (Lipinski definition) is 5. The Bertz CT molecular complexity index is 1300. The molecule has 34 heavy (non-hydrogen) atoms. The molecule has 0 saturated heterocycles. The molecule has 0 unspecified atom stereocenters. The molecule has 8 nitrogen and oxygen atoms in total. The number of amides is 2. The summed E-state index contributed by atoms with van der Waals surface area (Å²) in [5.74, 6) is -0.194. The summed E-state index contributed by atoms with van der Waals surface area (Å²) in [6.07, 6.45) is 0. The van der Waals surface area contributed by atoms with Gasteiger partial charge in [-0.1, -0.05) is 26.0 Å². The molecule has 0 aromatic heterocycles. The van der Waals surface area contributed by atoms with Crippen LogP contribution < -0.4 is 20.1 Å². The van der Waals surface area contributed by atoms with Crippen LogP contribution in [0.4, 0.5) is 17.1 Å². The van der Waals surface area contributed by atoms with Crippen LogP contribution in [0, 0.1) is 12.8 Å². The molecule has 178 valence electrons. The molecule has 0 aliphatic heterocycles. The predicted octanol–water partition coefficient (Wildman–Crippen LogP) is 4.65. The Morgan fingerprint density at radius 2 is 1.56 bits per heavy atom. The highest BCUT2D eigenvalue weighted by atomic mass is 32.2. The molecule has 0 saturated carbocycles. The summed E-state index contributed by atoms with van der Waals surface area (Å²) in [5, 5.41) is 5.59. The van der Waals surface area contributed by atoms with Crippen LogP contribution in [-0.4, -0.2) is 27.3 Å². The van der Waals surface area contributed by atoms with E-state index in [0.29, 0.717) is 22.8 Å². The maximum atomic E-state index is 12.9. The Morgan fingerprint density at radius 3 is 2.21 bits per heavy atom. The van der Waals surface area contributed by atoms with Crippen molar-refractivity contribution >= 4 is 38.9 Å². The number of carbonyl (C=O) groups is 2. The van der Waals surface area contributed by atoms with Gasteiger partial charge in [0.15, 0.2) is 0 Å². The van der Waals surface area contributed by atoms with Crippen LogP contribution in [0.25, 0.3) is 0 Å². The van der Waals surface area contributed by atoms with Crippen molar-refractivity contribution in [1.29, 1.82) is 0 Å². The van der Waals surface area contributed by atoms with E-state index in [1.165, 1.54) is 31.4 Å². The fourth-order valence-corrected chi connectivity index (χ4v) is 4.10. The van der Waals surface area contributed by atoms with Gasteiger partial charge >= 0.3 is 0 Å². The Hall–Kier alpha value is -3.85. The van der Waals surface area contributed by atoms with Crippen LogP contribution >= 0.6 is 0 Å². The number of anilines is 3. The van der Waals surface area contributed by atoms with Crippen molar-refractivity contribution in [3.63, 3.8) is 0 Å². The molecule has 3 rings (SSSR count). The van der Waals surface area contributed by atoms with Crippen LogP contribution in [-0.2, 0) is 14.8 Å². The van der Waals surface area contributed by atoms with E-state index in [-0.39, 0.29) is 22.3 Å². The number of hydrogen-bond donors (Lipinski definition) is 3. The van der Waals surface area contributed by atoms with E-state index < -0.39 is 15.9 Å². The van der Waals surface area contributed by atoms with Gasteiger partial charge in [-0.05, 0) is 67.1 Å². The molecule has 3 N–H and O–H groups in total. The van der Waals surface area contributed by atoms with E-state index in [2.05, 4.69) is 15.4 Å². The summed E-state index contributed by atoms with van der Waals surface area (Å²) >= 11 is 0. The summed E-state index contributed by atoms with van der Waals surface area (Å²) < 4.78 is 33.2. The summed E-state index contributed by atoms with van der Waals surface area (Å²) in [7, 11) is -2.39. The third-order valence-corrected chi connectivity index (χ3v) is 6.41. The SMILES string of the molecule is COc1ccc(NS(=O)(=O)c2cccc(C(=O)Nc3cc(NC(=O)C(C)C)ccc3C)c2)cc1. The van der Waals surface area contributed by atoms with Crippen LogP contribution in [0.15, 0.2) is 71.6 Å². The molecule has 9 heteroatoms. The van der Waals surface area contributed by atoms with Gasteiger partial charge in [-0.3, -0.25) is 14.3 Å². The third-order valence-electron chi connectivity index (χ3n) is 5.03. The molecule has 3 aromatic rings. The van der Waals surface area contributed by atoms with Crippen molar-refractivity contribution in [1.82, 2.24) is 0 Å². The fraction of sp³-hybridized carbons (Fsp3) is 0.200. The van der Waals surface area contributed by atoms with Crippen molar-refractivity contribution < 1.29 is 22.7 Å². The van der Waals surface area contributed by atoms with Crippen molar-refractivity contribution in [3.8, 4) is 5.75 Å². The van der Waals surface area contributed by atoms with Crippen LogP contribution in [0.2, 0.25) is 0 Å². The lowest BCUT2D eigenvalue weighted by Gasteiger charge is -2.13. The summed E-state index contributed by atoms with van der Waals surface area (Å²) in [4.78, 5) is 24.8. The summed E-state index contributed by atoms with van der Waals surface area (Å²) in [6, 6.07) is 17.4. The molecule has 0 radical (unpaired) electrons. The van der Waals surface area contributed by atoms with Crippen LogP contribution in [0.3, 0.4) is 0 Å². The second-order valence-corrected chi connectivity index (χ2v) is 9.67. The van der Waals surface area contributed by atoms with Gasteiger partial charge in [-0.15, -0.1) is 0 Å². The first kappa shape index (κ1) is 24.8. The first-order valence-corrected chi connectivity index (χ1v) is 12.1. The highest BCUT2D eigenvalue weighted by Gasteiger charge is 2.17. The minimum atomic E-state index is -3.92. The number of carbonyl (C=O) groups excluding carboxylic acids is 2. The molecule has 3 aromatic carbocycles. The molecule has 0 aliphatic rings. The first-order chi connectivity index (χ1) is 16.1. The van der Waals surface area contributed by atoms with Gasteiger partial charge in [0, 0.05) is 28.5 Å². The Kier molecular flexibility index (Phi) is 7.57. The van der Waals surface area contributed by atoms with Crippen LogP contribution in [0.5, 0.6) is 5.75 Å². The van der Waals surface area contributed by atoms with Gasteiger partial charge in [0.25, 0.3) is 15.9 Å². The number of benzene rings is 3. The standard InChI is InChI=1S/C25H27N3O5S/c1-16(2)24(29)26-20-9-8-17(3)23(15-20)27-25(30)18-6-5-7-22(14-18)34(31,32)28-19-10-12-21(33-4)13-11-19/h5-16,28H,1-4H3,(H,26,29)(H,27,30). The lowest BCUT2D eigenvalue weighted by atomic mass is 10.1. The normalized spacial score (nSPS) is 11.1. The fourth-order valence-electron chi connectivity index (χ4n) is 2.99. The zero-order valence-corrected chi connectivity index (χ0v) is 20.2. The van der Waals surface area contributed by atoms with Gasteiger partial charge in [0.2, 0.25) is 5.91 Å². The van der Waals surface area contributed by atoms with Crippen molar-refractivity contribution in [3.05, 3.63) is 77.9 Å². The maximum absolute atomic E-state index is 12.9. The van der Waals surface area contributed by atoms with Crippen molar-refractivity contribution in [2.45, 2.75) is 25.7 Å². The quantitative estimate of drug-likeness (QED) is 0.433. The number of nitrogens with one attached hydrogen (secondary N) is 3. The second-order valence-electron chi connectivity index (χ2n) is 7.99. The average molecular weight is 482 g/mol. The highest BCUT2D eigenvalue weighted by molar-refractivity contribution is 7.92. The lowest BCUT2D eigenvalue weighted by molar-refractivity contribution is -0.118. The van der Waals surface area contributed by atoms with Gasteiger partial charge in [0.1, 0.15) is 5.75 Å². The number of sulfonamides is 1. The van der Waals surface area contributed by atoms with E-state index in [0.717, 1.165) is 5.56 Å². The Balaban J connectivity index is 1.78. The van der Waals surface area contributed by atoms with Gasteiger partial charge < -0.3 is 15.4 Å². The molecule has 0 spiro atoms. The second kappa shape index (κ2) is 10.4. The average Bonchev–Trinajstić information content (AvgIpc) is 2.81. The van der Waals surface area contributed by atoms with Crippen molar-refractivity contribution in [2.75, 3.05) is 22.5 Å². The minimum Gasteiger partial charge on any atom is -0.497 e. The molecule has 0 fully saturated rings. The number of rotatable bonds is 8. The molecular weight excluding hydrogens is 454 g/mol. The molecular formula is C25H27N3O5S. The van der Waals surface area contributed by atoms with Crippen molar-refractivity contribution in [2.24, 2.45) is 5.92 Å². The minimum absolute atomic E-state index is 0.0503. The third kappa shape index (κ3) is 6.14. The Morgan fingerprint density at radius 1 is 0.882 bits per heavy atom. The lowest BCUT2D eigenvalue weighted by Crippen LogP contribution is -2.18. The van der Waals surface area contributed by atoms with Gasteiger partial charge in [0.05, 0.1) is 12.0 Å². The zero-order chi connectivity index (χ0) is 24.9. The number of methoxy groups -OCH3 is 1. The first-order valence-electron chi connectivity index (χ1n) is 10.6. The van der Waals surface area contributed by atoms with E-state index in [1.807, 2.05) is 6.92 Å². The highest BCUT2D eigenvalue weighted by Crippen LogP contribution is 2.23. The van der Waals surface area contributed by atoms with Crippen LogP contribution in [0.1, 0.15) is 29.8 Å². The maximum Gasteiger partial charge on any atom is 0.261 e. The smallest absolute Gasteiger partial charge is 0.261 e. The number of aryl methyl sites for hydroxylation is 1. The van der Waals surface area contributed by atoms with Gasteiger partial charge in [-0.25, -0.2) is 8.42 Å². The topological polar surface area (TPSA) is 114 Å². The summed E-state index contributed by atoms with van der Waals surface area (Å²) in [5.41, 5.74) is 2.40. The monoisotopic (exact) mass is 481 g/mol. The summed E-state index contributed by atoms with van der Waals surface area (Å²) in [6.45, 7) is 5.40. The predicted molar refractivity (Wildman–Crippen MR) is 133 cm³/mol. The Labute approximate surface area is 199 Å². The zero-order valence-electron chi connectivity index (χ0n) is 19.4. The molecule has 2 amide bonds. The molecule has 0 atom stereocenters.